The molecule has 0 radical (unpaired) electrons. The van der Waals surface area contributed by atoms with Gasteiger partial charge in [0, 0.05) is 13.1 Å². The Kier molecular flexibility index (Phi) is 8.59. The molecule has 3 rings (SSSR count). The highest BCUT2D eigenvalue weighted by Crippen LogP contribution is 2.38. The van der Waals surface area contributed by atoms with Gasteiger partial charge >= 0.3 is 0 Å². The van der Waals surface area contributed by atoms with Crippen LogP contribution in [0.1, 0.15) is 25.0 Å². The average Bonchev–Trinajstić information content (AvgIpc) is 2.89. The third kappa shape index (κ3) is 6.66. The molecule has 0 amide bonds. The molecular formula is C26H33N3O6. The summed E-state index contributed by atoms with van der Waals surface area (Å²) in [5, 5.41) is 9.65. The third-order valence-corrected chi connectivity index (χ3v) is 5.29. The van der Waals surface area contributed by atoms with Gasteiger partial charge < -0.3 is 33.7 Å². The van der Waals surface area contributed by atoms with Crippen LogP contribution in [-0.4, -0.2) is 55.7 Å². The molecule has 1 N–H and O–H groups in total. The average molecular weight is 484 g/mol. The van der Waals surface area contributed by atoms with Gasteiger partial charge in [0.15, 0.2) is 0 Å². The lowest BCUT2D eigenvalue weighted by Gasteiger charge is -2.27. The molecule has 2 aromatic carbocycles. The van der Waals surface area contributed by atoms with E-state index in [1.54, 1.807) is 28.1 Å². The summed E-state index contributed by atoms with van der Waals surface area (Å²) in [6.45, 7) is 4.33. The van der Waals surface area contributed by atoms with E-state index in [9.17, 15) is 5.11 Å². The van der Waals surface area contributed by atoms with Crippen molar-refractivity contribution < 1.29 is 28.8 Å². The number of aliphatic hydroxyl groups is 1. The number of methoxy groups -OCH3 is 4. The van der Waals surface area contributed by atoms with Gasteiger partial charge in [-0.15, -0.1) is 0 Å². The molecule has 9 heteroatoms. The summed E-state index contributed by atoms with van der Waals surface area (Å²) in [5.74, 6) is 2.61. The van der Waals surface area contributed by atoms with Gasteiger partial charge in [-0.25, -0.2) is 0 Å². The van der Waals surface area contributed by atoms with Crippen molar-refractivity contribution >= 4 is 5.95 Å². The molecule has 0 atom stereocenters. The minimum absolute atomic E-state index is 0.206. The van der Waals surface area contributed by atoms with Gasteiger partial charge in [-0.2, -0.15) is 9.97 Å². The maximum Gasteiger partial charge on any atom is 0.265 e. The van der Waals surface area contributed by atoms with Crippen molar-refractivity contribution in [3.63, 3.8) is 0 Å². The second kappa shape index (κ2) is 11.6. The van der Waals surface area contributed by atoms with Crippen molar-refractivity contribution in [1.29, 1.82) is 0 Å². The predicted octanol–water partition coefficient (Wildman–Crippen LogP) is 3.87. The van der Waals surface area contributed by atoms with E-state index in [-0.39, 0.29) is 24.1 Å². The fourth-order valence-corrected chi connectivity index (χ4v) is 3.31. The lowest BCUT2D eigenvalue weighted by molar-refractivity contribution is 0.0354. The van der Waals surface area contributed by atoms with Gasteiger partial charge in [0.05, 0.1) is 35.0 Å². The van der Waals surface area contributed by atoms with E-state index in [0.717, 1.165) is 22.6 Å². The van der Waals surface area contributed by atoms with Crippen LogP contribution in [0.2, 0.25) is 0 Å². The molecule has 0 aliphatic rings. The number of hydrogen-bond donors (Lipinski definition) is 1. The van der Waals surface area contributed by atoms with Crippen molar-refractivity contribution in [2.75, 3.05) is 39.9 Å². The van der Waals surface area contributed by atoms with Crippen LogP contribution in [-0.2, 0) is 13.1 Å². The van der Waals surface area contributed by atoms with E-state index >= 15 is 0 Å². The van der Waals surface area contributed by atoms with Crippen LogP contribution in [0, 0.1) is 0 Å². The van der Waals surface area contributed by atoms with Crippen LogP contribution in [0.15, 0.2) is 48.5 Å². The summed E-state index contributed by atoms with van der Waals surface area (Å²) in [6, 6.07) is 15.6. The molecule has 0 spiro atoms. The van der Waals surface area contributed by atoms with Crippen molar-refractivity contribution in [1.82, 2.24) is 9.97 Å². The molecule has 0 unspecified atom stereocenters. The molecule has 35 heavy (non-hydrogen) atoms. The number of aromatic nitrogens is 2. The third-order valence-electron chi connectivity index (χ3n) is 5.29. The second-order valence-corrected chi connectivity index (χ2v) is 8.44. The Morgan fingerprint density at radius 1 is 0.714 bits per heavy atom. The zero-order valence-electron chi connectivity index (χ0n) is 21.1. The Bertz CT molecular complexity index is 1010. The van der Waals surface area contributed by atoms with Crippen molar-refractivity contribution in [2.24, 2.45) is 0 Å². The van der Waals surface area contributed by atoms with Gasteiger partial charge in [-0.05, 0) is 49.2 Å². The number of ether oxygens (including phenoxy) is 5. The van der Waals surface area contributed by atoms with E-state index in [4.69, 9.17) is 23.7 Å². The molecule has 0 aliphatic carbocycles. The standard InChI is InChI=1S/C26H33N3O6/c1-26(2,17-30)35-22-23(33-5)27-25(28-24(22)34-6)29(15-18-7-11-20(31-3)12-8-18)16-19-9-13-21(32-4)14-10-19/h7-14,30H,15-17H2,1-6H3. The summed E-state index contributed by atoms with van der Waals surface area (Å²) >= 11 is 0. The van der Waals surface area contributed by atoms with Crippen LogP contribution in [0.5, 0.6) is 29.0 Å². The van der Waals surface area contributed by atoms with Crippen LogP contribution in [0.3, 0.4) is 0 Å². The number of nitrogens with zero attached hydrogens (tertiary/aromatic N) is 3. The Hall–Kier alpha value is -3.72. The van der Waals surface area contributed by atoms with Crippen LogP contribution >= 0.6 is 0 Å². The van der Waals surface area contributed by atoms with Crippen LogP contribution in [0.25, 0.3) is 0 Å². The molecule has 188 valence electrons. The van der Waals surface area contributed by atoms with Gasteiger partial charge in [0.2, 0.25) is 11.7 Å². The molecule has 0 saturated carbocycles. The quantitative estimate of drug-likeness (QED) is 0.412. The van der Waals surface area contributed by atoms with Crippen LogP contribution in [0.4, 0.5) is 5.95 Å². The monoisotopic (exact) mass is 483 g/mol. The van der Waals surface area contributed by atoms with E-state index in [2.05, 4.69) is 9.97 Å². The molecule has 0 aliphatic heterocycles. The van der Waals surface area contributed by atoms with Crippen molar-refractivity contribution in [3.05, 3.63) is 59.7 Å². The molecule has 3 aromatic rings. The minimum Gasteiger partial charge on any atom is -0.497 e. The van der Waals surface area contributed by atoms with Gasteiger partial charge in [0.1, 0.15) is 17.1 Å². The summed E-state index contributed by atoms with van der Waals surface area (Å²) in [4.78, 5) is 11.3. The summed E-state index contributed by atoms with van der Waals surface area (Å²) in [5.41, 5.74) is 1.21. The first-order valence-electron chi connectivity index (χ1n) is 11.1. The Morgan fingerprint density at radius 3 is 1.49 bits per heavy atom. The molecule has 1 heterocycles. The lowest BCUT2D eigenvalue weighted by atomic mass is 10.1. The first kappa shape index (κ1) is 25.9. The Morgan fingerprint density at radius 2 is 1.14 bits per heavy atom. The maximum atomic E-state index is 9.65. The zero-order chi connectivity index (χ0) is 25.4. The Balaban J connectivity index is 2.02. The fourth-order valence-electron chi connectivity index (χ4n) is 3.31. The molecule has 0 bridgehead atoms. The van der Waals surface area contributed by atoms with Gasteiger partial charge in [-0.1, -0.05) is 24.3 Å². The highest BCUT2D eigenvalue weighted by Gasteiger charge is 2.27. The minimum atomic E-state index is -0.878. The summed E-state index contributed by atoms with van der Waals surface area (Å²) < 4.78 is 27.6. The SMILES string of the molecule is COc1ccc(CN(Cc2ccc(OC)cc2)c2nc(OC)c(OC(C)(C)CO)c(OC)n2)cc1. The predicted molar refractivity (Wildman–Crippen MR) is 133 cm³/mol. The van der Waals surface area contributed by atoms with E-state index in [0.29, 0.717) is 19.0 Å². The molecule has 1 aromatic heterocycles. The lowest BCUT2D eigenvalue weighted by Crippen LogP contribution is -2.33. The van der Waals surface area contributed by atoms with Crippen molar-refractivity contribution in [3.8, 4) is 29.0 Å². The highest BCUT2D eigenvalue weighted by molar-refractivity contribution is 5.50. The topological polar surface area (TPSA) is 95.4 Å². The molecule has 0 fully saturated rings. The normalized spacial score (nSPS) is 11.1. The molecule has 0 saturated heterocycles. The van der Waals surface area contributed by atoms with E-state index in [1.165, 1.54) is 14.2 Å². The summed E-state index contributed by atoms with van der Waals surface area (Å²) in [7, 11) is 6.28. The first-order chi connectivity index (χ1) is 16.8. The highest BCUT2D eigenvalue weighted by atomic mass is 16.6. The maximum absolute atomic E-state index is 9.65. The van der Waals surface area contributed by atoms with Crippen LogP contribution < -0.4 is 28.6 Å². The number of aliphatic hydroxyl groups excluding tert-OH is 1. The first-order valence-corrected chi connectivity index (χ1v) is 11.1. The van der Waals surface area contributed by atoms with Crippen molar-refractivity contribution in [2.45, 2.75) is 32.5 Å². The summed E-state index contributed by atoms with van der Waals surface area (Å²) in [6.07, 6.45) is 0. The zero-order valence-corrected chi connectivity index (χ0v) is 21.1. The largest absolute Gasteiger partial charge is 0.497 e. The Labute approximate surface area is 206 Å². The molecular weight excluding hydrogens is 450 g/mol. The van der Waals surface area contributed by atoms with E-state index < -0.39 is 5.60 Å². The number of rotatable bonds is 12. The molecule has 9 nitrogen and oxygen atoms in total. The smallest absolute Gasteiger partial charge is 0.265 e. The van der Waals surface area contributed by atoms with Gasteiger partial charge in [-0.3, -0.25) is 0 Å². The number of anilines is 1. The number of hydrogen-bond acceptors (Lipinski definition) is 9. The fraction of sp³-hybridized carbons (Fsp3) is 0.385. The van der Waals surface area contributed by atoms with Gasteiger partial charge in [0.25, 0.3) is 11.8 Å². The second-order valence-electron chi connectivity index (χ2n) is 8.44. The number of benzene rings is 2. The van der Waals surface area contributed by atoms with E-state index in [1.807, 2.05) is 53.4 Å².